The lowest BCUT2D eigenvalue weighted by Crippen LogP contribution is -2.34. The first kappa shape index (κ1) is 22.4. The lowest BCUT2D eigenvalue weighted by Gasteiger charge is -2.09. The molecule has 174 valence electrons. The number of rotatable bonds is 4. The summed E-state index contributed by atoms with van der Waals surface area (Å²) < 4.78 is 22.2. The molecule has 0 atom stereocenters. The summed E-state index contributed by atoms with van der Waals surface area (Å²) in [6.07, 6.45) is 1.58. The van der Waals surface area contributed by atoms with E-state index in [1.807, 2.05) is 0 Å². The molecule has 0 aliphatic heterocycles. The van der Waals surface area contributed by atoms with Gasteiger partial charge in [-0.3, -0.25) is 14.0 Å². The zero-order valence-electron chi connectivity index (χ0n) is 17.7. The lowest BCUT2D eigenvalue weighted by atomic mass is 10.1. The summed E-state index contributed by atoms with van der Waals surface area (Å²) in [7, 11) is 0. The number of para-hydroxylation sites is 1. The van der Waals surface area contributed by atoms with Crippen molar-refractivity contribution in [1.82, 2.24) is 18.9 Å². The Kier molecular flexibility index (Phi) is 5.61. The Bertz CT molecular complexity index is 1830. The van der Waals surface area contributed by atoms with Gasteiger partial charge in [0.2, 0.25) is 0 Å². The van der Waals surface area contributed by atoms with Gasteiger partial charge in [0, 0.05) is 16.7 Å². The molecule has 0 saturated heterocycles. The second-order valence-corrected chi connectivity index (χ2v) is 8.44. The van der Waals surface area contributed by atoms with Gasteiger partial charge < -0.3 is 9.72 Å². The molecule has 11 heteroatoms. The number of fused-ring (bicyclic) bond motifs is 2. The van der Waals surface area contributed by atoms with Crippen LogP contribution in [0.25, 0.3) is 22.2 Å². The minimum absolute atomic E-state index is 0.0673. The van der Waals surface area contributed by atoms with Crippen LogP contribution in [0.1, 0.15) is 16.1 Å². The second kappa shape index (κ2) is 8.76. The average Bonchev–Trinajstić information content (AvgIpc) is 2.84. The van der Waals surface area contributed by atoms with Crippen LogP contribution < -0.4 is 16.8 Å². The van der Waals surface area contributed by atoms with Gasteiger partial charge in [-0.15, -0.1) is 0 Å². The first-order chi connectivity index (χ1) is 16.8. The average molecular weight is 537 g/mol. The largest absolute Gasteiger partial charge is 0.456 e. The van der Waals surface area contributed by atoms with Gasteiger partial charge in [0.05, 0.1) is 27.8 Å². The number of aromatic amines is 1. The second-order valence-electron chi connectivity index (χ2n) is 7.52. The van der Waals surface area contributed by atoms with Crippen molar-refractivity contribution in [3.8, 4) is 5.69 Å². The predicted octanol–water partition coefficient (Wildman–Crippen LogP) is 2.95. The van der Waals surface area contributed by atoms with Gasteiger partial charge in [-0.05, 0) is 58.4 Å². The molecule has 3 heterocycles. The van der Waals surface area contributed by atoms with Crippen LogP contribution in [0.15, 0.2) is 85.7 Å². The first-order valence-corrected chi connectivity index (χ1v) is 11.0. The minimum Gasteiger partial charge on any atom is -0.456 e. The maximum Gasteiger partial charge on any atom is 0.338 e. The molecule has 5 aromatic rings. The van der Waals surface area contributed by atoms with Gasteiger partial charge >= 0.3 is 11.7 Å². The molecule has 0 amide bonds. The minimum atomic E-state index is -0.856. The SMILES string of the molecule is O=C(OCc1cc(=O)n2cc(Br)ccc2n1)c1ccc2c(=O)n(-c3ccccc3F)c(=O)[nH]c2c1. The summed E-state index contributed by atoms with van der Waals surface area (Å²) in [4.78, 5) is 57.1. The number of ether oxygens (including phenoxy) is 1. The van der Waals surface area contributed by atoms with E-state index in [9.17, 15) is 23.6 Å². The number of esters is 1. The summed E-state index contributed by atoms with van der Waals surface area (Å²) in [6, 6.07) is 14.0. The number of nitrogens with zero attached hydrogens (tertiary/aromatic N) is 3. The summed E-state index contributed by atoms with van der Waals surface area (Å²) in [5.41, 5.74) is -1.31. The van der Waals surface area contributed by atoms with Crippen molar-refractivity contribution in [2.45, 2.75) is 6.61 Å². The summed E-state index contributed by atoms with van der Waals surface area (Å²) >= 11 is 3.29. The van der Waals surface area contributed by atoms with Crippen LogP contribution in [0.3, 0.4) is 0 Å². The molecule has 3 aromatic heterocycles. The zero-order valence-corrected chi connectivity index (χ0v) is 19.3. The van der Waals surface area contributed by atoms with Crippen LogP contribution in [0.2, 0.25) is 0 Å². The van der Waals surface area contributed by atoms with Gasteiger partial charge in [-0.1, -0.05) is 12.1 Å². The van der Waals surface area contributed by atoms with E-state index in [1.54, 1.807) is 18.3 Å². The monoisotopic (exact) mass is 536 g/mol. The molecule has 35 heavy (non-hydrogen) atoms. The van der Waals surface area contributed by atoms with E-state index in [1.165, 1.54) is 46.9 Å². The van der Waals surface area contributed by atoms with Crippen LogP contribution in [0.4, 0.5) is 4.39 Å². The molecule has 0 bridgehead atoms. The van der Waals surface area contributed by atoms with Gasteiger partial charge in [0.25, 0.3) is 11.1 Å². The first-order valence-electron chi connectivity index (χ1n) is 10.2. The Morgan fingerprint density at radius 3 is 2.66 bits per heavy atom. The highest BCUT2D eigenvalue weighted by atomic mass is 79.9. The lowest BCUT2D eigenvalue weighted by molar-refractivity contribution is 0.0468. The van der Waals surface area contributed by atoms with Crippen LogP contribution in [0.5, 0.6) is 0 Å². The Labute approximate surface area is 203 Å². The molecule has 1 N–H and O–H groups in total. The molecule has 5 rings (SSSR count). The number of hydrogen-bond acceptors (Lipinski definition) is 6. The molecule has 0 fully saturated rings. The summed E-state index contributed by atoms with van der Waals surface area (Å²) in [5.74, 6) is -1.47. The summed E-state index contributed by atoms with van der Waals surface area (Å²) in [6.45, 7) is -0.260. The molecule has 2 aromatic carbocycles. The Hall–Kier alpha value is -4.38. The normalized spacial score (nSPS) is 11.1. The van der Waals surface area contributed by atoms with E-state index in [0.29, 0.717) is 14.7 Å². The van der Waals surface area contributed by atoms with Crippen molar-refractivity contribution in [1.29, 1.82) is 0 Å². The number of pyridine rings is 1. The number of carbonyl (C=O) groups excluding carboxylic acids is 1. The molecule has 9 nitrogen and oxygen atoms in total. The Morgan fingerprint density at radius 1 is 1.06 bits per heavy atom. The van der Waals surface area contributed by atoms with Crippen LogP contribution >= 0.6 is 15.9 Å². The molecular weight excluding hydrogens is 523 g/mol. The Morgan fingerprint density at radius 2 is 1.86 bits per heavy atom. The van der Waals surface area contributed by atoms with Gasteiger partial charge in [-0.25, -0.2) is 23.5 Å². The quantitative estimate of drug-likeness (QED) is 0.353. The maximum atomic E-state index is 14.2. The number of nitrogens with one attached hydrogen (secondary N) is 1. The van der Waals surface area contributed by atoms with E-state index in [2.05, 4.69) is 25.9 Å². The standard InChI is InChI=1S/C24H14BrFN4O5/c25-14-6-8-20-27-15(10-21(31)29(20)11-14)12-35-23(33)13-5-7-16-18(9-13)28-24(34)30(22(16)32)19-4-2-1-3-17(19)26/h1-11H,12H2,(H,28,34). The van der Waals surface area contributed by atoms with Crippen molar-refractivity contribution in [3.05, 3.63) is 120 Å². The highest BCUT2D eigenvalue weighted by Crippen LogP contribution is 2.14. The van der Waals surface area contributed by atoms with Crippen molar-refractivity contribution in [2.24, 2.45) is 0 Å². The molecule has 0 aliphatic rings. The van der Waals surface area contributed by atoms with Crippen LogP contribution in [0, 0.1) is 5.82 Å². The number of hydrogen-bond donors (Lipinski definition) is 1. The van der Waals surface area contributed by atoms with Crippen LogP contribution in [-0.2, 0) is 11.3 Å². The molecule has 0 spiro atoms. The third-order valence-corrected chi connectivity index (χ3v) is 5.72. The molecule has 0 unspecified atom stereocenters. The highest BCUT2D eigenvalue weighted by molar-refractivity contribution is 9.10. The van der Waals surface area contributed by atoms with E-state index in [0.717, 1.165) is 6.07 Å². The van der Waals surface area contributed by atoms with Gasteiger partial charge in [0.15, 0.2) is 0 Å². The van der Waals surface area contributed by atoms with Crippen molar-refractivity contribution < 1.29 is 13.9 Å². The Balaban J connectivity index is 1.43. The zero-order chi connectivity index (χ0) is 24.7. The number of carbonyl (C=O) groups is 1. The van der Waals surface area contributed by atoms with Gasteiger partial charge in [0.1, 0.15) is 18.1 Å². The number of H-pyrrole nitrogens is 1. The van der Waals surface area contributed by atoms with Crippen LogP contribution in [-0.4, -0.2) is 24.9 Å². The number of halogens is 2. The van der Waals surface area contributed by atoms with Gasteiger partial charge in [-0.2, -0.15) is 0 Å². The molecular formula is C24H14BrFN4O5. The fourth-order valence-corrected chi connectivity index (χ4v) is 3.96. The van der Waals surface area contributed by atoms with Crippen molar-refractivity contribution in [3.63, 3.8) is 0 Å². The predicted molar refractivity (Wildman–Crippen MR) is 128 cm³/mol. The number of aromatic nitrogens is 4. The molecule has 0 radical (unpaired) electrons. The van der Waals surface area contributed by atoms with E-state index < -0.39 is 23.0 Å². The smallest absolute Gasteiger partial charge is 0.338 e. The van der Waals surface area contributed by atoms with Crippen molar-refractivity contribution >= 4 is 38.4 Å². The molecule has 0 saturated carbocycles. The number of benzene rings is 2. The topological polar surface area (TPSA) is 116 Å². The maximum absolute atomic E-state index is 14.2. The van der Waals surface area contributed by atoms with E-state index in [-0.39, 0.29) is 40.0 Å². The third kappa shape index (κ3) is 4.17. The highest BCUT2D eigenvalue weighted by Gasteiger charge is 2.15. The fourth-order valence-electron chi connectivity index (χ4n) is 3.62. The third-order valence-electron chi connectivity index (χ3n) is 5.25. The summed E-state index contributed by atoms with van der Waals surface area (Å²) in [5, 5.41) is 0.0831. The fraction of sp³-hybridized carbons (Fsp3) is 0.0417. The van der Waals surface area contributed by atoms with E-state index in [4.69, 9.17) is 4.74 Å². The van der Waals surface area contributed by atoms with Crippen molar-refractivity contribution in [2.75, 3.05) is 0 Å². The van der Waals surface area contributed by atoms with E-state index >= 15 is 0 Å². The molecule has 0 aliphatic carbocycles.